The van der Waals surface area contributed by atoms with Crippen molar-refractivity contribution in [2.45, 2.75) is 20.4 Å². The molecular weight excluding hydrogens is 295 g/mol. The summed E-state index contributed by atoms with van der Waals surface area (Å²) in [5, 5.41) is 23.3. The van der Waals surface area contributed by atoms with Crippen LogP contribution in [0.5, 0.6) is 0 Å². The van der Waals surface area contributed by atoms with Crippen molar-refractivity contribution in [3.8, 4) is 10.6 Å². The smallest absolute Gasteiger partial charge is 0.282 e. The molecule has 2 aromatic rings. The Balaban J connectivity index is 2.19. The van der Waals surface area contributed by atoms with Crippen LogP contribution in [0.4, 0.5) is 10.1 Å². The predicted octanol–water partition coefficient (Wildman–Crippen LogP) is 3.00. The highest BCUT2D eigenvalue weighted by Crippen LogP contribution is 2.32. The van der Waals surface area contributed by atoms with Gasteiger partial charge in [0.05, 0.1) is 16.6 Å². The molecule has 0 amide bonds. The Bertz CT molecular complexity index is 645. The Kier molecular flexibility index (Phi) is 4.92. The van der Waals surface area contributed by atoms with Crippen LogP contribution in [-0.2, 0) is 6.54 Å². The van der Waals surface area contributed by atoms with Crippen molar-refractivity contribution >= 4 is 17.0 Å². The number of nitro benzene ring substituents is 1. The Morgan fingerprint density at radius 2 is 2.19 bits per heavy atom. The summed E-state index contributed by atoms with van der Waals surface area (Å²) in [7, 11) is 0. The van der Waals surface area contributed by atoms with Gasteiger partial charge < -0.3 is 5.32 Å². The summed E-state index contributed by atoms with van der Waals surface area (Å²) in [6, 6.07) is 3.44. The van der Waals surface area contributed by atoms with Crippen LogP contribution in [0.15, 0.2) is 18.2 Å². The highest BCUT2D eigenvalue weighted by Gasteiger charge is 2.19. The summed E-state index contributed by atoms with van der Waals surface area (Å²) in [4.78, 5) is 10.4. The van der Waals surface area contributed by atoms with Crippen LogP contribution >= 0.6 is 11.3 Å². The minimum absolute atomic E-state index is 0.286. The Morgan fingerprint density at radius 3 is 2.86 bits per heavy atom. The molecule has 2 rings (SSSR count). The van der Waals surface area contributed by atoms with E-state index < -0.39 is 10.7 Å². The molecule has 0 saturated carbocycles. The second kappa shape index (κ2) is 6.68. The first-order valence-electron chi connectivity index (χ1n) is 6.44. The first-order valence-corrected chi connectivity index (χ1v) is 7.26. The summed E-state index contributed by atoms with van der Waals surface area (Å²) in [6.07, 6.45) is 0. The van der Waals surface area contributed by atoms with Gasteiger partial charge in [-0.15, -0.1) is 10.2 Å². The number of benzene rings is 1. The zero-order valence-corrected chi connectivity index (χ0v) is 12.5. The average molecular weight is 310 g/mol. The molecule has 1 aromatic heterocycles. The fraction of sp³-hybridized carbons (Fsp3) is 0.385. The van der Waals surface area contributed by atoms with E-state index in [2.05, 4.69) is 29.4 Å². The summed E-state index contributed by atoms with van der Waals surface area (Å²) in [5.74, 6) is -0.121. The van der Waals surface area contributed by atoms with Crippen LogP contribution in [0, 0.1) is 21.8 Å². The molecule has 8 heteroatoms. The SMILES string of the molecule is CC(C)CNCc1nnc(-c2ccc(F)cc2[N+](=O)[O-])s1. The third kappa shape index (κ3) is 4.02. The average Bonchev–Trinajstić information content (AvgIpc) is 2.86. The fourth-order valence-electron chi connectivity index (χ4n) is 1.74. The third-order valence-corrected chi connectivity index (χ3v) is 3.64. The van der Waals surface area contributed by atoms with Crippen molar-refractivity contribution in [1.82, 2.24) is 15.5 Å². The van der Waals surface area contributed by atoms with E-state index in [9.17, 15) is 14.5 Å². The molecule has 0 bridgehead atoms. The summed E-state index contributed by atoms with van der Waals surface area (Å²) in [5.41, 5.74) is -0.0122. The van der Waals surface area contributed by atoms with Gasteiger partial charge in [-0.05, 0) is 24.6 Å². The number of rotatable bonds is 6. The molecule has 1 heterocycles. The maximum absolute atomic E-state index is 13.1. The van der Waals surface area contributed by atoms with Crippen molar-refractivity contribution < 1.29 is 9.31 Å². The van der Waals surface area contributed by atoms with Crippen LogP contribution in [0.25, 0.3) is 10.6 Å². The maximum Gasteiger partial charge on any atom is 0.282 e. The number of hydrogen-bond donors (Lipinski definition) is 1. The van der Waals surface area contributed by atoms with Crippen molar-refractivity contribution in [2.24, 2.45) is 5.92 Å². The van der Waals surface area contributed by atoms with Gasteiger partial charge in [-0.1, -0.05) is 25.2 Å². The molecule has 0 fully saturated rings. The molecule has 0 radical (unpaired) electrons. The molecule has 0 unspecified atom stereocenters. The lowest BCUT2D eigenvalue weighted by Gasteiger charge is -2.04. The summed E-state index contributed by atoms with van der Waals surface area (Å²) in [6.45, 7) is 5.61. The van der Waals surface area contributed by atoms with Gasteiger partial charge >= 0.3 is 0 Å². The molecule has 0 aliphatic heterocycles. The van der Waals surface area contributed by atoms with Gasteiger partial charge in [0.25, 0.3) is 5.69 Å². The molecule has 6 nitrogen and oxygen atoms in total. The van der Waals surface area contributed by atoms with E-state index in [0.717, 1.165) is 17.6 Å². The lowest BCUT2D eigenvalue weighted by molar-refractivity contribution is -0.384. The monoisotopic (exact) mass is 310 g/mol. The number of hydrogen-bond acceptors (Lipinski definition) is 6. The Morgan fingerprint density at radius 1 is 1.43 bits per heavy atom. The number of halogens is 1. The molecule has 0 aliphatic rings. The van der Waals surface area contributed by atoms with E-state index in [1.165, 1.54) is 23.5 Å². The predicted molar refractivity (Wildman–Crippen MR) is 78.5 cm³/mol. The quantitative estimate of drug-likeness (QED) is 0.655. The second-order valence-electron chi connectivity index (χ2n) is 4.94. The Hall–Kier alpha value is -1.93. The van der Waals surface area contributed by atoms with Crippen molar-refractivity contribution in [3.63, 3.8) is 0 Å². The minimum Gasteiger partial charge on any atom is -0.310 e. The highest BCUT2D eigenvalue weighted by atomic mass is 32.1. The van der Waals surface area contributed by atoms with Gasteiger partial charge in [0.1, 0.15) is 10.8 Å². The first-order chi connectivity index (χ1) is 9.97. The number of nitrogens with one attached hydrogen (secondary N) is 1. The molecule has 0 aliphatic carbocycles. The maximum atomic E-state index is 13.1. The van der Waals surface area contributed by atoms with Crippen LogP contribution in [0.3, 0.4) is 0 Å². The number of nitrogens with zero attached hydrogens (tertiary/aromatic N) is 3. The Labute approximate surface area is 125 Å². The van der Waals surface area contributed by atoms with Gasteiger partial charge in [0.2, 0.25) is 0 Å². The second-order valence-corrected chi connectivity index (χ2v) is 6.01. The van der Waals surface area contributed by atoms with E-state index in [4.69, 9.17) is 0 Å². The highest BCUT2D eigenvalue weighted by molar-refractivity contribution is 7.14. The lowest BCUT2D eigenvalue weighted by atomic mass is 10.2. The molecule has 0 spiro atoms. The van der Waals surface area contributed by atoms with E-state index in [0.29, 0.717) is 17.5 Å². The van der Waals surface area contributed by atoms with Gasteiger partial charge in [-0.2, -0.15) is 0 Å². The summed E-state index contributed by atoms with van der Waals surface area (Å²) < 4.78 is 13.1. The van der Waals surface area contributed by atoms with Gasteiger partial charge in [0, 0.05) is 6.54 Å². The number of nitro groups is 1. The molecule has 1 aromatic carbocycles. The first kappa shape index (κ1) is 15.5. The van der Waals surface area contributed by atoms with Crippen LogP contribution in [-0.4, -0.2) is 21.7 Å². The molecule has 0 atom stereocenters. The van der Waals surface area contributed by atoms with Crippen molar-refractivity contribution in [3.05, 3.63) is 39.1 Å². The fourth-order valence-corrected chi connectivity index (χ4v) is 2.58. The molecule has 1 N–H and O–H groups in total. The number of aromatic nitrogens is 2. The van der Waals surface area contributed by atoms with Gasteiger partial charge in [-0.25, -0.2) is 4.39 Å². The lowest BCUT2D eigenvalue weighted by Crippen LogP contribution is -2.18. The van der Waals surface area contributed by atoms with Gasteiger partial charge in [-0.3, -0.25) is 10.1 Å². The largest absolute Gasteiger partial charge is 0.310 e. The third-order valence-electron chi connectivity index (χ3n) is 2.68. The topological polar surface area (TPSA) is 81.0 Å². The molecular formula is C13H15FN4O2S. The summed E-state index contributed by atoms with van der Waals surface area (Å²) >= 11 is 1.26. The molecule has 112 valence electrons. The van der Waals surface area contributed by atoms with E-state index in [1.54, 1.807) is 0 Å². The van der Waals surface area contributed by atoms with Crippen LogP contribution in [0.1, 0.15) is 18.9 Å². The van der Waals surface area contributed by atoms with Crippen LogP contribution in [0.2, 0.25) is 0 Å². The van der Waals surface area contributed by atoms with Crippen molar-refractivity contribution in [1.29, 1.82) is 0 Å². The van der Waals surface area contributed by atoms with E-state index in [-0.39, 0.29) is 11.3 Å². The van der Waals surface area contributed by atoms with E-state index in [1.807, 2.05) is 0 Å². The molecule has 0 saturated heterocycles. The van der Waals surface area contributed by atoms with Crippen molar-refractivity contribution in [2.75, 3.05) is 6.54 Å². The van der Waals surface area contributed by atoms with Crippen LogP contribution < -0.4 is 5.32 Å². The normalized spacial score (nSPS) is 11.0. The molecule has 21 heavy (non-hydrogen) atoms. The standard InChI is InChI=1S/C13H15FN4O2S/c1-8(2)6-15-7-12-16-17-13(21-12)10-4-3-9(14)5-11(10)18(19)20/h3-5,8,15H,6-7H2,1-2H3. The van der Waals surface area contributed by atoms with E-state index >= 15 is 0 Å². The zero-order valence-electron chi connectivity index (χ0n) is 11.7. The minimum atomic E-state index is -0.645. The zero-order chi connectivity index (χ0) is 15.4. The van der Waals surface area contributed by atoms with Gasteiger partial charge in [0.15, 0.2) is 5.01 Å².